The van der Waals surface area contributed by atoms with Gasteiger partial charge in [-0.2, -0.15) is 10.2 Å². The zero-order chi connectivity index (χ0) is 15.2. The van der Waals surface area contributed by atoms with Crippen molar-refractivity contribution in [1.82, 2.24) is 5.43 Å². The monoisotopic (exact) mass is 326 g/mol. The smallest absolute Gasteiger partial charge is 0.443 e. The van der Waals surface area contributed by atoms with E-state index in [0.717, 1.165) is 5.56 Å². The van der Waals surface area contributed by atoms with Crippen molar-refractivity contribution in [2.24, 2.45) is 15.3 Å². The van der Waals surface area contributed by atoms with Crippen molar-refractivity contribution in [1.29, 1.82) is 0 Å². The van der Waals surface area contributed by atoms with Crippen LogP contribution in [-0.4, -0.2) is 31.0 Å². The van der Waals surface area contributed by atoms with Gasteiger partial charge >= 0.3 is 6.09 Å². The summed E-state index contributed by atoms with van der Waals surface area (Å²) in [4.78, 5) is 11.3. The lowest BCUT2D eigenvalue weighted by Gasteiger charge is -2.06. The second-order valence-corrected chi connectivity index (χ2v) is 4.90. The fourth-order valence-electron chi connectivity index (χ4n) is 1.67. The number of nitrogens with zero attached hydrogens (tertiary/aromatic N) is 3. The van der Waals surface area contributed by atoms with Crippen LogP contribution in [0.1, 0.15) is 5.56 Å². The van der Waals surface area contributed by atoms with E-state index in [0.29, 0.717) is 22.3 Å². The molecule has 1 aliphatic rings. The summed E-state index contributed by atoms with van der Waals surface area (Å²) >= 11 is 11.9. The number of hydrogen-bond donors (Lipinski definition) is 1. The number of nitrogens with one attached hydrogen (secondary N) is 1. The first kappa shape index (κ1) is 15.5. The third kappa shape index (κ3) is 4.03. The third-order valence-electron chi connectivity index (χ3n) is 2.62. The molecule has 1 aromatic carbocycles. The van der Waals surface area contributed by atoms with Crippen LogP contribution in [0.3, 0.4) is 0 Å². The summed E-state index contributed by atoms with van der Waals surface area (Å²) in [6, 6.07) is 4.75. The van der Waals surface area contributed by atoms with Gasteiger partial charge in [0.1, 0.15) is 12.6 Å². The maximum Gasteiger partial charge on any atom is 0.452 e. The molecule has 1 unspecified atom stereocenters. The SMILES string of the molecule is C=CCOC(=O)N=NC1CNN=C1c1ccc(Cl)c(Cl)c1. The molecule has 8 heteroatoms. The highest BCUT2D eigenvalue weighted by Gasteiger charge is 2.23. The van der Waals surface area contributed by atoms with Crippen LogP contribution >= 0.6 is 23.2 Å². The van der Waals surface area contributed by atoms with Crippen LogP contribution in [-0.2, 0) is 4.74 Å². The Bertz CT molecular complexity index is 616. The van der Waals surface area contributed by atoms with Crippen LogP contribution in [0, 0.1) is 0 Å². The molecule has 1 aromatic rings. The first-order valence-electron chi connectivity index (χ1n) is 6.06. The fraction of sp³-hybridized carbons (Fsp3) is 0.231. The molecule has 0 spiro atoms. The van der Waals surface area contributed by atoms with Gasteiger partial charge in [0, 0.05) is 5.56 Å². The molecule has 110 valence electrons. The van der Waals surface area contributed by atoms with Crippen molar-refractivity contribution in [3.05, 3.63) is 46.5 Å². The number of carbonyl (C=O) groups is 1. The van der Waals surface area contributed by atoms with Crippen LogP contribution in [0.25, 0.3) is 0 Å². The Kier molecular flexibility index (Phi) is 5.30. The zero-order valence-electron chi connectivity index (χ0n) is 10.9. The largest absolute Gasteiger partial charge is 0.452 e. The average molecular weight is 327 g/mol. The maximum atomic E-state index is 11.3. The van der Waals surface area contributed by atoms with E-state index in [2.05, 4.69) is 27.3 Å². The van der Waals surface area contributed by atoms with E-state index in [9.17, 15) is 4.79 Å². The summed E-state index contributed by atoms with van der Waals surface area (Å²) in [6.07, 6.45) is 0.683. The number of ether oxygens (including phenoxy) is 1. The van der Waals surface area contributed by atoms with Crippen LogP contribution in [0.2, 0.25) is 10.0 Å². The second kappa shape index (κ2) is 7.19. The van der Waals surface area contributed by atoms with Gasteiger partial charge in [0.05, 0.1) is 22.3 Å². The maximum absolute atomic E-state index is 11.3. The molecule has 0 radical (unpaired) electrons. The Morgan fingerprint density at radius 1 is 1.52 bits per heavy atom. The molecular weight excluding hydrogens is 315 g/mol. The number of halogens is 2. The van der Waals surface area contributed by atoms with Crippen molar-refractivity contribution in [3.63, 3.8) is 0 Å². The topological polar surface area (TPSA) is 75.4 Å². The van der Waals surface area contributed by atoms with Gasteiger partial charge in [-0.1, -0.05) is 47.0 Å². The molecule has 0 fully saturated rings. The summed E-state index contributed by atoms with van der Waals surface area (Å²) in [6.45, 7) is 3.97. The van der Waals surface area contributed by atoms with Crippen molar-refractivity contribution >= 4 is 35.0 Å². The first-order valence-corrected chi connectivity index (χ1v) is 6.81. The Balaban J connectivity index is 2.09. The van der Waals surface area contributed by atoms with E-state index in [4.69, 9.17) is 27.9 Å². The number of carbonyl (C=O) groups excluding carboxylic acids is 1. The first-order chi connectivity index (χ1) is 10.1. The molecule has 0 bridgehead atoms. The quantitative estimate of drug-likeness (QED) is 0.680. The lowest BCUT2D eigenvalue weighted by molar-refractivity contribution is 0.167. The molecule has 1 heterocycles. The van der Waals surface area contributed by atoms with E-state index in [1.807, 2.05) is 0 Å². The van der Waals surface area contributed by atoms with Crippen LogP contribution < -0.4 is 5.43 Å². The van der Waals surface area contributed by atoms with E-state index in [1.54, 1.807) is 18.2 Å². The molecule has 0 aliphatic carbocycles. The molecule has 21 heavy (non-hydrogen) atoms. The van der Waals surface area contributed by atoms with Gasteiger partial charge < -0.3 is 10.2 Å². The Morgan fingerprint density at radius 2 is 2.33 bits per heavy atom. The molecule has 0 saturated heterocycles. The minimum Gasteiger partial charge on any atom is -0.443 e. The van der Waals surface area contributed by atoms with Crippen molar-refractivity contribution in [2.45, 2.75) is 6.04 Å². The van der Waals surface area contributed by atoms with E-state index in [-0.39, 0.29) is 6.61 Å². The van der Waals surface area contributed by atoms with Gasteiger partial charge in [-0.3, -0.25) is 0 Å². The summed E-state index contributed by atoms with van der Waals surface area (Å²) in [5.74, 6) is 0. The lowest BCUT2D eigenvalue weighted by Crippen LogP contribution is -2.20. The minimum absolute atomic E-state index is 0.0918. The van der Waals surface area contributed by atoms with Gasteiger partial charge in [-0.05, 0) is 12.1 Å². The standard InChI is InChI=1S/C13H12Cl2N4O2/c1-2-5-21-13(20)19-17-11-7-16-18-12(11)8-3-4-9(14)10(15)6-8/h2-4,6,11,16H,1,5,7H2. The molecule has 0 saturated carbocycles. The molecule has 0 aromatic heterocycles. The van der Waals surface area contributed by atoms with Crippen LogP contribution in [0.5, 0.6) is 0 Å². The zero-order valence-corrected chi connectivity index (χ0v) is 12.4. The van der Waals surface area contributed by atoms with Gasteiger partial charge in [-0.15, -0.1) is 0 Å². The summed E-state index contributed by atoms with van der Waals surface area (Å²) in [7, 11) is 0. The molecule has 1 aliphatic heterocycles. The highest BCUT2D eigenvalue weighted by atomic mass is 35.5. The molecule has 1 amide bonds. The third-order valence-corrected chi connectivity index (χ3v) is 3.36. The predicted molar refractivity (Wildman–Crippen MR) is 81.2 cm³/mol. The summed E-state index contributed by atoms with van der Waals surface area (Å²) in [5, 5.41) is 12.4. The van der Waals surface area contributed by atoms with Gasteiger partial charge in [0.2, 0.25) is 0 Å². The Hall–Kier alpha value is -1.92. The summed E-state index contributed by atoms with van der Waals surface area (Å²) < 4.78 is 4.71. The molecule has 1 N–H and O–H groups in total. The fourth-order valence-corrected chi connectivity index (χ4v) is 1.97. The molecule has 2 rings (SSSR count). The van der Waals surface area contributed by atoms with Gasteiger partial charge in [-0.25, -0.2) is 4.79 Å². The average Bonchev–Trinajstić information content (AvgIpc) is 2.94. The molecular formula is C13H12Cl2N4O2. The number of benzene rings is 1. The predicted octanol–water partition coefficient (Wildman–Crippen LogP) is 3.44. The highest BCUT2D eigenvalue weighted by Crippen LogP contribution is 2.24. The van der Waals surface area contributed by atoms with Crippen molar-refractivity contribution in [3.8, 4) is 0 Å². The normalized spacial score (nSPS) is 17.4. The van der Waals surface area contributed by atoms with Crippen LogP contribution in [0.4, 0.5) is 4.79 Å². The van der Waals surface area contributed by atoms with Gasteiger partial charge in [0.25, 0.3) is 0 Å². The Labute approximate surface area is 131 Å². The highest BCUT2D eigenvalue weighted by molar-refractivity contribution is 6.42. The lowest BCUT2D eigenvalue weighted by atomic mass is 10.1. The molecule has 6 nitrogen and oxygen atoms in total. The van der Waals surface area contributed by atoms with E-state index < -0.39 is 12.1 Å². The van der Waals surface area contributed by atoms with E-state index in [1.165, 1.54) is 6.08 Å². The van der Waals surface area contributed by atoms with E-state index >= 15 is 0 Å². The van der Waals surface area contributed by atoms with Gasteiger partial charge in [0.15, 0.2) is 0 Å². The summed E-state index contributed by atoms with van der Waals surface area (Å²) in [5.41, 5.74) is 4.21. The Morgan fingerprint density at radius 3 is 3.05 bits per heavy atom. The second-order valence-electron chi connectivity index (χ2n) is 4.09. The number of hydrazone groups is 1. The van der Waals surface area contributed by atoms with Crippen molar-refractivity contribution < 1.29 is 9.53 Å². The minimum atomic E-state index is -0.768. The number of amides is 1. The number of rotatable bonds is 4. The van der Waals surface area contributed by atoms with Crippen molar-refractivity contribution in [2.75, 3.05) is 13.2 Å². The number of hydrogen-bond acceptors (Lipinski definition) is 5. The molecule has 1 atom stereocenters. The number of azo groups is 1. The van der Waals surface area contributed by atoms with Crippen LogP contribution in [0.15, 0.2) is 46.2 Å².